The Morgan fingerprint density at radius 2 is 0.587 bits per heavy atom. The Morgan fingerprint density at radius 1 is 0.347 bits per heavy atom. The van der Waals surface area contributed by atoms with Gasteiger partial charge in [0, 0.05) is 57.4 Å². The molecule has 0 radical (unpaired) electrons. The van der Waals surface area contributed by atoms with Gasteiger partial charge in [0.1, 0.15) is 24.7 Å². The molecule has 4 aromatic rings. The molecule has 5 rings (SSSR count). The van der Waals surface area contributed by atoms with E-state index in [-0.39, 0.29) is 58.4 Å². The minimum atomic E-state index is -5.74. The molecule has 2 aromatic carbocycles. The lowest BCUT2D eigenvalue weighted by molar-refractivity contribution is -0.254. The third kappa shape index (κ3) is 18.7. The summed E-state index contributed by atoms with van der Waals surface area (Å²) in [5.41, 5.74) is -2.62. The van der Waals surface area contributed by atoms with Crippen molar-refractivity contribution in [2.45, 2.75) is 31.6 Å². The summed E-state index contributed by atoms with van der Waals surface area (Å²) in [6, 6.07) is 12.6. The number of allylic oxidation sites excluding steroid dienone is 2. The van der Waals surface area contributed by atoms with Crippen LogP contribution in [0, 0.1) is 13.8 Å². The van der Waals surface area contributed by atoms with Crippen molar-refractivity contribution in [1.82, 2.24) is 0 Å². The fraction of sp³-hybridized carbons (Fsp3) is 0.585. The van der Waals surface area contributed by atoms with Crippen LogP contribution in [0.4, 0.5) is 26.3 Å². The number of hydrogen-bond donors (Lipinski definition) is 0. The molecule has 2 aromatic heterocycles. The molecular formula is C53H70F6O14S2. The van der Waals surface area contributed by atoms with E-state index in [1.54, 1.807) is 62.8 Å². The fourth-order valence-electron chi connectivity index (χ4n) is 7.49. The molecule has 0 N–H and O–H groups in total. The van der Waals surface area contributed by atoms with Gasteiger partial charge >= 0.3 is 17.8 Å². The zero-order chi connectivity index (χ0) is 53.8. The predicted octanol–water partition coefficient (Wildman–Crippen LogP) is 9.81. The quantitative estimate of drug-likeness (QED) is 0.0308. The van der Waals surface area contributed by atoms with Crippen molar-refractivity contribution < 1.29 is 92.7 Å². The maximum Gasteiger partial charge on any atom is 0.380 e. The maximum atomic E-state index is 16.3. The Bertz CT molecular complexity index is 2070. The topological polar surface area (TPSA) is 129 Å². The van der Waals surface area contributed by atoms with Gasteiger partial charge in [-0.3, -0.25) is 0 Å². The van der Waals surface area contributed by atoms with Crippen LogP contribution in [0.15, 0.2) is 59.3 Å². The van der Waals surface area contributed by atoms with Crippen molar-refractivity contribution in [1.29, 1.82) is 0 Å². The lowest BCUT2D eigenvalue weighted by Crippen LogP contribution is -2.49. The summed E-state index contributed by atoms with van der Waals surface area (Å²) in [4.78, 5) is 0.347. The van der Waals surface area contributed by atoms with Crippen LogP contribution in [0.1, 0.15) is 20.9 Å². The molecule has 14 nitrogen and oxygen atoms in total. The second-order valence-corrected chi connectivity index (χ2v) is 18.7. The van der Waals surface area contributed by atoms with E-state index < -0.39 is 28.9 Å². The van der Waals surface area contributed by atoms with Crippen LogP contribution in [-0.2, 0) is 56.8 Å². The minimum Gasteiger partial charge on any atom is -0.491 e. The molecule has 420 valence electrons. The highest BCUT2D eigenvalue weighted by Crippen LogP contribution is 2.67. The number of benzene rings is 2. The van der Waals surface area contributed by atoms with E-state index in [0.717, 1.165) is 22.7 Å². The zero-order valence-electron chi connectivity index (χ0n) is 43.0. The van der Waals surface area contributed by atoms with Gasteiger partial charge in [-0.2, -0.15) is 26.3 Å². The second kappa shape index (κ2) is 33.5. The van der Waals surface area contributed by atoms with Crippen LogP contribution in [0.2, 0.25) is 0 Å². The Labute approximate surface area is 443 Å². The number of rotatable bonds is 42. The monoisotopic (exact) mass is 1110 g/mol. The van der Waals surface area contributed by atoms with Crippen LogP contribution in [0.25, 0.3) is 33.4 Å². The molecule has 0 spiro atoms. The molecule has 75 heavy (non-hydrogen) atoms. The molecule has 0 saturated heterocycles. The Hall–Kier alpha value is -3.72. The summed E-state index contributed by atoms with van der Waals surface area (Å²) >= 11 is 2.01. The van der Waals surface area contributed by atoms with Crippen LogP contribution in [0.3, 0.4) is 0 Å². The van der Waals surface area contributed by atoms with Gasteiger partial charge in [-0.05, 0) is 60.0 Å². The standard InChI is InChI=1S/C53H70F6O14S2/c1-39-47(45(37-74-39)41-5-9-43(10-6-41)72-35-33-70-31-29-68-27-25-66-23-21-64-19-17-62-15-13-60-3)49-50(52(56,57)53(58,59)51(49,54)55)48-40(2)75-38-46(48)42-7-11-44(12-8-42)73-36-34-71-32-30-69-28-26-67-24-22-65-20-18-63-16-14-61-4/h5-12,37-38H,13-36H2,1-4H3. The zero-order valence-corrected chi connectivity index (χ0v) is 44.7. The maximum absolute atomic E-state index is 16.3. The molecule has 0 bridgehead atoms. The summed E-state index contributed by atoms with van der Waals surface area (Å²) in [7, 11) is 3.23. The number of ether oxygens (including phenoxy) is 14. The first-order valence-electron chi connectivity index (χ1n) is 24.6. The normalized spacial score (nSPS) is 14.9. The van der Waals surface area contributed by atoms with Crippen LogP contribution < -0.4 is 9.47 Å². The van der Waals surface area contributed by atoms with Crippen molar-refractivity contribution in [2.24, 2.45) is 0 Å². The molecule has 0 fully saturated rings. The van der Waals surface area contributed by atoms with Gasteiger partial charge in [0.2, 0.25) is 0 Å². The van der Waals surface area contributed by atoms with Crippen LogP contribution >= 0.6 is 22.7 Å². The molecule has 0 aliphatic heterocycles. The molecule has 2 heterocycles. The molecule has 0 saturated carbocycles. The van der Waals surface area contributed by atoms with Crippen molar-refractivity contribution in [2.75, 3.05) is 173 Å². The molecule has 0 atom stereocenters. The van der Waals surface area contributed by atoms with Crippen LogP contribution in [-0.4, -0.2) is 191 Å². The highest BCUT2D eigenvalue weighted by atomic mass is 32.1. The highest BCUT2D eigenvalue weighted by molar-refractivity contribution is 7.11. The summed E-state index contributed by atoms with van der Waals surface area (Å²) in [6.07, 6.45) is 0. The van der Waals surface area contributed by atoms with Gasteiger partial charge in [-0.25, -0.2) is 0 Å². The lowest BCUT2D eigenvalue weighted by atomic mass is 9.88. The largest absolute Gasteiger partial charge is 0.491 e. The summed E-state index contributed by atoms with van der Waals surface area (Å²) < 4.78 is 173. The van der Waals surface area contributed by atoms with Gasteiger partial charge in [0.15, 0.2) is 0 Å². The first-order chi connectivity index (χ1) is 36.4. The van der Waals surface area contributed by atoms with E-state index in [4.69, 9.17) is 66.3 Å². The lowest BCUT2D eigenvalue weighted by Gasteiger charge is -2.26. The Balaban J connectivity index is 1.10. The Kier molecular flexibility index (Phi) is 27.8. The number of thiophene rings is 2. The smallest absolute Gasteiger partial charge is 0.380 e. The van der Waals surface area contributed by atoms with Crippen molar-refractivity contribution in [3.63, 3.8) is 0 Å². The van der Waals surface area contributed by atoms with E-state index >= 15 is 26.3 Å². The number of hydrogen-bond acceptors (Lipinski definition) is 16. The van der Waals surface area contributed by atoms with Gasteiger partial charge in [-0.15, -0.1) is 22.7 Å². The van der Waals surface area contributed by atoms with E-state index in [9.17, 15) is 0 Å². The fourth-order valence-corrected chi connectivity index (χ4v) is 9.25. The number of alkyl halides is 6. The van der Waals surface area contributed by atoms with Gasteiger partial charge in [-0.1, -0.05) is 24.3 Å². The van der Waals surface area contributed by atoms with E-state index in [1.165, 1.54) is 24.6 Å². The van der Waals surface area contributed by atoms with E-state index in [1.807, 2.05) is 0 Å². The van der Waals surface area contributed by atoms with Crippen molar-refractivity contribution >= 4 is 33.8 Å². The van der Waals surface area contributed by atoms with Gasteiger partial charge in [0.25, 0.3) is 0 Å². The average Bonchev–Trinajstić information content (AvgIpc) is 4.04. The Morgan fingerprint density at radius 3 is 0.840 bits per heavy atom. The number of halogens is 6. The number of methoxy groups -OCH3 is 2. The van der Waals surface area contributed by atoms with E-state index in [0.29, 0.717) is 155 Å². The first-order valence-corrected chi connectivity index (χ1v) is 26.4. The average molecular weight is 1110 g/mol. The summed E-state index contributed by atoms with van der Waals surface area (Å²) in [5, 5.41) is 3.02. The van der Waals surface area contributed by atoms with Crippen molar-refractivity contribution in [3.05, 3.63) is 80.2 Å². The third-order valence-corrected chi connectivity index (χ3v) is 13.1. The van der Waals surface area contributed by atoms with E-state index in [2.05, 4.69) is 0 Å². The number of aryl methyl sites for hydroxylation is 2. The van der Waals surface area contributed by atoms with Gasteiger partial charge in [0.05, 0.1) is 145 Å². The third-order valence-electron chi connectivity index (χ3n) is 11.3. The van der Waals surface area contributed by atoms with Crippen LogP contribution in [0.5, 0.6) is 11.5 Å². The summed E-state index contributed by atoms with van der Waals surface area (Å²) in [6.45, 7) is 12.5. The highest BCUT2D eigenvalue weighted by Gasteiger charge is 2.80. The predicted molar refractivity (Wildman–Crippen MR) is 274 cm³/mol. The minimum absolute atomic E-state index is 0.109. The SMILES string of the molecule is COCCOCCOCCOCCOCCOCCOc1ccc(-c2csc(C)c2C2=C(c3c(-c4ccc(OCCOCCOCCOCCOCCOCCOC)cc4)csc3C)C(F)(F)C(F)(F)C2(F)F)cc1. The molecular weight excluding hydrogens is 1040 g/mol. The second-order valence-electron chi connectivity index (χ2n) is 16.5. The summed E-state index contributed by atoms with van der Waals surface area (Å²) in [5.74, 6) is -15.4. The van der Waals surface area contributed by atoms with Crippen molar-refractivity contribution in [3.8, 4) is 33.8 Å². The molecule has 22 heteroatoms. The first kappa shape index (κ1) is 62.1. The molecule has 1 aliphatic carbocycles. The van der Waals surface area contributed by atoms with Gasteiger partial charge < -0.3 is 66.3 Å². The molecule has 1 aliphatic rings. The molecule has 0 amide bonds. The molecule has 0 unspecified atom stereocenters.